The fourth-order valence-electron chi connectivity index (χ4n) is 5.22. The van der Waals surface area contributed by atoms with Crippen molar-refractivity contribution in [2.75, 3.05) is 5.32 Å². The minimum absolute atomic E-state index is 0.147. The lowest BCUT2D eigenvalue weighted by Crippen LogP contribution is -2.51. The monoisotopic (exact) mass is 510 g/mol. The Bertz CT molecular complexity index is 793. The van der Waals surface area contributed by atoms with Gasteiger partial charge in [0.15, 0.2) is 0 Å². The Kier molecular flexibility index (Phi) is 5.19. The summed E-state index contributed by atoms with van der Waals surface area (Å²) in [5.41, 5.74) is 1.77. The number of likely N-dealkylation sites (tertiary alicyclic amines) is 1. The second-order valence-corrected chi connectivity index (χ2v) is 10.7. The molecule has 3 fully saturated rings. The molecular formula is C21H24Br2N2O3. The van der Waals surface area contributed by atoms with E-state index >= 15 is 0 Å². The number of nitrogens with zero attached hydrogens (tertiary/aromatic N) is 1. The predicted octanol–water partition coefficient (Wildman–Crippen LogP) is 3.74. The van der Waals surface area contributed by atoms with E-state index in [-0.39, 0.29) is 57.0 Å². The Morgan fingerprint density at radius 2 is 1.54 bits per heavy atom. The lowest BCUT2D eigenvalue weighted by molar-refractivity contribution is -0.148. The van der Waals surface area contributed by atoms with E-state index in [9.17, 15) is 14.4 Å². The summed E-state index contributed by atoms with van der Waals surface area (Å²) in [5, 5.41) is 2.89. The smallest absolute Gasteiger partial charge is 0.247 e. The van der Waals surface area contributed by atoms with Crippen LogP contribution in [-0.2, 0) is 14.4 Å². The van der Waals surface area contributed by atoms with Gasteiger partial charge in [0.05, 0.1) is 11.8 Å². The Hall–Kier alpha value is -1.21. The Labute approximate surface area is 181 Å². The topological polar surface area (TPSA) is 66.5 Å². The number of halogens is 2. The summed E-state index contributed by atoms with van der Waals surface area (Å²) >= 11 is 7.40. The zero-order valence-electron chi connectivity index (χ0n) is 16.1. The second-order valence-electron chi connectivity index (χ2n) is 8.59. The molecule has 1 N–H and O–H groups in total. The quantitative estimate of drug-likeness (QED) is 0.494. The van der Waals surface area contributed by atoms with Crippen LogP contribution in [0.3, 0.4) is 0 Å². The molecule has 7 atom stereocenters. The van der Waals surface area contributed by atoms with Crippen molar-refractivity contribution in [3.8, 4) is 0 Å². The van der Waals surface area contributed by atoms with Gasteiger partial charge in [-0.2, -0.15) is 0 Å². The molecule has 150 valence electrons. The first-order chi connectivity index (χ1) is 13.2. The Morgan fingerprint density at radius 1 is 1.04 bits per heavy atom. The maximum absolute atomic E-state index is 13.3. The molecule has 1 saturated heterocycles. The molecule has 7 heteroatoms. The zero-order valence-corrected chi connectivity index (χ0v) is 19.2. The van der Waals surface area contributed by atoms with Crippen LogP contribution in [0.15, 0.2) is 24.3 Å². The van der Waals surface area contributed by atoms with Gasteiger partial charge in [-0.25, -0.2) is 0 Å². The molecule has 3 amide bonds. The molecule has 1 aliphatic heterocycles. The van der Waals surface area contributed by atoms with Crippen molar-refractivity contribution in [3.63, 3.8) is 0 Å². The van der Waals surface area contributed by atoms with Crippen LogP contribution >= 0.6 is 31.9 Å². The van der Waals surface area contributed by atoms with E-state index in [0.29, 0.717) is 5.69 Å². The highest BCUT2D eigenvalue weighted by atomic mass is 79.9. The first-order valence-electron chi connectivity index (χ1n) is 9.75. The van der Waals surface area contributed by atoms with Crippen LogP contribution in [0.25, 0.3) is 0 Å². The van der Waals surface area contributed by atoms with Gasteiger partial charge < -0.3 is 5.32 Å². The maximum atomic E-state index is 13.3. The van der Waals surface area contributed by atoms with Gasteiger partial charge >= 0.3 is 0 Å². The molecule has 1 aromatic rings. The number of rotatable bonds is 4. The van der Waals surface area contributed by atoms with Gasteiger partial charge in [-0.15, -0.1) is 0 Å². The first kappa shape index (κ1) is 20.1. The number of alkyl halides is 2. The SMILES string of the molecule is Cc1ccc(NC(=O)[C@@H](C(C)C)N2C(=O)[C@H]3[C@@H]4C[C@@H]([C@@H](Br)[C@@H]4Br)[C@@H]3C2=O)cc1. The van der Waals surface area contributed by atoms with Crippen molar-refractivity contribution in [1.29, 1.82) is 0 Å². The first-order valence-corrected chi connectivity index (χ1v) is 11.6. The number of fused-ring (bicyclic) bond motifs is 5. The summed E-state index contributed by atoms with van der Waals surface area (Å²) < 4.78 is 0. The van der Waals surface area contributed by atoms with Crippen LogP contribution in [0.2, 0.25) is 0 Å². The highest BCUT2D eigenvalue weighted by molar-refractivity contribution is 9.12. The van der Waals surface area contributed by atoms with Crippen molar-refractivity contribution in [2.24, 2.45) is 29.6 Å². The third-order valence-electron chi connectivity index (χ3n) is 6.52. The molecular weight excluding hydrogens is 488 g/mol. The summed E-state index contributed by atoms with van der Waals surface area (Å²) in [4.78, 5) is 41.3. The number of anilines is 1. The molecule has 1 heterocycles. The summed E-state index contributed by atoms with van der Waals surface area (Å²) in [5.74, 6) is -1.14. The minimum atomic E-state index is -0.797. The van der Waals surface area contributed by atoms with Gasteiger partial charge in [-0.1, -0.05) is 63.4 Å². The molecule has 2 aliphatic carbocycles. The molecule has 2 saturated carbocycles. The molecule has 0 radical (unpaired) electrons. The van der Waals surface area contributed by atoms with E-state index in [4.69, 9.17) is 0 Å². The van der Waals surface area contributed by atoms with E-state index in [2.05, 4.69) is 37.2 Å². The van der Waals surface area contributed by atoms with E-state index < -0.39 is 6.04 Å². The Morgan fingerprint density at radius 3 is 2.00 bits per heavy atom. The highest BCUT2D eigenvalue weighted by Crippen LogP contribution is 2.60. The molecule has 3 aliphatic rings. The van der Waals surface area contributed by atoms with Crippen molar-refractivity contribution >= 4 is 55.3 Å². The third-order valence-corrected chi connectivity index (χ3v) is 9.73. The summed E-state index contributed by atoms with van der Waals surface area (Å²) in [7, 11) is 0. The summed E-state index contributed by atoms with van der Waals surface area (Å²) in [6.45, 7) is 5.73. The van der Waals surface area contributed by atoms with E-state index in [1.807, 2.05) is 45.0 Å². The standard InChI is InChI=1S/C21H24Br2N2O3/c1-9(2)18(19(26)24-11-6-4-10(3)5-7-11)25-20(27)14-12-8-13(15(14)21(25)28)17(23)16(12)22/h4-7,9,12-18H,8H2,1-3H3,(H,24,26)/t12-,13+,14-,15-,16+,17+,18+/m0/s1. The number of carbonyl (C=O) groups excluding carboxylic acids is 3. The van der Waals surface area contributed by atoms with Crippen molar-refractivity contribution in [3.05, 3.63) is 29.8 Å². The van der Waals surface area contributed by atoms with Gasteiger partial charge in [-0.05, 0) is 43.2 Å². The average Bonchev–Trinajstić information content (AvgIpc) is 3.24. The van der Waals surface area contributed by atoms with Crippen LogP contribution in [0, 0.1) is 36.5 Å². The number of hydrogen-bond acceptors (Lipinski definition) is 3. The fraction of sp³-hybridized carbons (Fsp3) is 0.571. The molecule has 0 spiro atoms. The van der Waals surface area contributed by atoms with Crippen LogP contribution in [0.1, 0.15) is 25.8 Å². The van der Waals surface area contributed by atoms with Crippen LogP contribution < -0.4 is 5.32 Å². The lowest BCUT2D eigenvalue weighted by Gasteiger charge is -2.29. The average molecular weight is 512 g/mol. The van der Waals surface area contributed by atoms with Gasteiger partial charge in [0.25, 0.3) is 0 Å². The lowest BCUT2D eigenvalue weighted by atomic mass is 9.81. The third kappa shape index (κ3) is 2.96. The summed E-state index contributed by atoms with van der Waals surface area (Å²) in [6, 6.07) is 6.70. The van der Waals surface area contributed by atoms with Crippen LogP contribution in [0.5, 0.6) is 0 Å². The largest absolute Gasteiger partial charge is 0.324 e. The zero-order chi connectivity index (χ0) is 20.3. The van der Waals surface area contributed by atoms with Gasteiger partial charge in [0.1, 0.15) is 6.04 Å². The van der Waals surface area contributed by atoms with Crippen molar-refractivity contribution in [2.45, 2.75) is 42.9 Å². The Balaban J connectivity index is 1.60. The van der Waals surface area contributed by atoms with Crippen molar-refractivity contribution in [1.82, 2.24) is 4.90 Å². The van der Waals surface area contributed by atoms with Gasteiger partial charge in [0, 0.05) is 15.3 Å². The van der Waals surface area contributed by atoms with Crippen LogP contribution in [-0.4, -0.2) is 38.3 Å². The van der Waals surface area contributed by atoms with Crippen molar-refractivity contribution < 1.29 is 14.4 Å². The second kappa shape index (κ2) is 7.24. The van der Waals surface area contributed by atoms with Gasteiger partial charge in [0.2, 0.25) is 17.7 Å². The molecule has 0 unspecified atom stereocenters. The summed E-state index contributed by atoms with van der Waals surface area (Å²) in [6.07, 6.45) is 0.883. The fourth-order valence-corrected chi connectivity index (χ4v) is 7.09. The highest BCUT2D eigenvalue weighted by Gasteiger charge is 2.67. The molecule has 1 aromatic carbocycles. The number of hydrogen-bond donors (Lipinski definition) is 1. The van der Waals surface area contributed by atoms with E-state index in [1.165, 1.54) is 4.90 Å². The van der Waals surface area contributed by atoms with Crippen LogP contribution in [0.4, 0.5) is 5.69 Å². The van der Waals surface area contributed by atoms with Gasteiger partial charge in [-0.3, -0.25) is 19.3 Å². The molecule has 0 aromatic heterocycles. The number of carbonyl (C=O) groups is 3. The molecule has 5 nitrogen and oxygen atoms in total. The minimum Gasteiger partial charge on any atom is -0.324 e. The number of benzene rings is 1. The number of aryl methyl sites for hydroxylation is 1. The predicted molar refractivity (Wildman–Crippen MR) is 114 cm³/mol. The number of imide groups is 1. The number of nitrogens with one attached hydrogen (secondary N) is 1. The van der Waals surface area contributed by atoms with E-state index in [1.54, 1.807) is 0 Å². The molecule has 28 heavy (non-hydrogen) atoms. The maximum Gasteiger partial charge on any atom is 0.247 e. The number of amides is 3. The molecule has 2 bridgehead atoms. The molecule has 4 rings (SSSR count). The van der Waals surface area contributed by atoms with E-state index in [0.717, 1.165) is 12.0 Å². The normalized spacial score (nSPS) is 34.9.